The van der Waals surface area contributed by atoms with Crippen molar-refractivity contribution in [3.63, 3.8) is 0 Å². The number of aromatic carboxylic acids is 1. The largest absolute Gasteiger partial charge is 0.494 e. The van der Waals surface area contributed by atoms with Crippen molar-refractivity contribution < 1.29 is 24.2 Å². The van der Waals surface area contributed by atoms with Crippen molar-refractivity contribution in [3.05, 3.63) is 58.7 Å². The van der Waals surface area contributed by atoms with Crippen LogP contribution in [-0.4, -0.2) is 29.4 Å². The van der Waals surface area contributed by atoms with Crippen LogP contribution in [0.2, 0.25) is 0 Å². The molecule has 0 radical (unpaired) electrons. The van der Waals surface area contributed by atoms with Gasteiger partial charge >= 0.3 is 5.97 Å². The number of carbonyl (C=O) groups is 3. The maximum atomic E-state index is 12.1. The monoisotopic (exact) mass is 369 g/mol. The van der Waals surface area contributed by atoms with E-state index >= 15 is 0 Å². The molecule has 0 fully saturated rings. The Hall–Kier alpha value is -3.15. The molecule has 0 aliphatic heterocycles. The van der Waals surface area contributed by atoms with Crippen molar-refractivity contribution in [1.29, 1.82) is 0 Å². The molecule has 2 rings (SSSR count). The number of hydrogen-bond acceptors (Lipinski definition) is 4. The molecule has 0 spiro atoms. The molecule has 6 heteroatoms. The number of carboxylic acid groups (broad SMARTS) is 1. The fraction of sp³-hybridized carbons (Fsp3) is 0.286. The van der Waals surface area contributed by atoms with Crippen molar-refractivity contribution in [2.45, 2.75) is 33.6 Å². The lowest BCUT2D eigenvalue weighted by atomic mass is 10.0. The fourth-order valence-electron chi connectivity index (χ4n) is 2.64. The Morgan fingerprint density at radius 3 is 2.30 bits per heavy atom. The molecule has 0 saturated heterocycles. The van der Waals surface area contributed by atoms with E-state index in [1.807, 2.05) is 6.92 Å². The smallest absolute Gasteiger partial charge is 0.336 e. The van der Waals surface area contributed by atoms with Crippen LogP contribution < -0.4 is 10.1 Å². The predicted molar refractivity (Wildman–Crippen MR) is 103 cm³/mol. The number of ether oxygens (including phenoxy) is 1. The predicted octanol–water partition coefficient (Wildman–Crippen LogP) is 4.00. The van der Waals surface area contributed by atoms with Crippen molar-refractivity contribution in [2.75, 3.05) is 11.9 Å². The zero-order valence-electron chi connectivity index (χ0n) is 15.7. The summed E-state index contributed by atoms with van der Waals surface area (Å²) in [6.45, 7) is 5.41. The third-order valence-corrected chi connectivity index (χ3v) is 4.15. The quantitative estimate of drug-likeness (QED) is 0.542. The summed E-state index contributed by atoms with van der Waals surface area (Å²) in [6.07, 6.45) is 0.762. The molecule has 0 saturated carbocycles. The number of anilines is 1. The first-order chi connectivity index (χ1) is 12.8. The van der Waals surface area contributed by atoms with Crippen molar-refractivity contribution in [2.24, 2.45) is 0 Å². The Balaban J connectivity index is 1.83. The van der Waals surface area contributed by atoms with Crippen LogP contribution in [0.25, 0.3) is 0 Å². The van der Waals surface area contributed by atoms with Crippen molar-refractivity contribution >= 4 is 23.3 Å². The first kappa shape index (κ1) is 20.2. The van der Waals surface area contributed by atoms with Gasteiger partial charge in [0.15, 0.2) is 5.78 Å². The normalized spacial score (nSPS) is 10.3. The molecule has 0 unspecified atom stereocenters. The van der Waals surface area contributed by atoms with E-state index in [1.165, 1.54) is 13.0 Å². The summed E-state index contributed by atoms with van der Waals surface area (Å²) in [5, 5.41) is 12.0. The van der Waals surface area contributed by atoms with Crippen LogP contribution in [0, 0.1) is 13.8 Å². The Morgan fingerprint density at radius 1 is 1.04 bits per heavy atom. The highest BCUT2D eigenvalue weighted by molar-refractivity contribution is 5.95. The fourth-order valence-corrected chi connectivity index (χ4v) is 2.64. The van der Waals surface area contributed by atoms with Gasteiger partial charge in [-0.3, -0.25) is 9.59 Å². The maximum Gasteiger partial charge on any atom is 0.336 e. The average molecular weight is 369 g/mol. The third kappa shape index (κ3) is 5.67. The van der Waals surface area contributed by atoms with Gasteiger partial charge in [-0.25, -0.2) is 4.79 Å². The summed E-state index contributed by atoms with van der Waals surface area (Å²) in [7, 11) is 0. The number of ketones is 1. The van der Waals surface area contributed by atoms with Crippen LogP contribution in [0.5, 0.6) is 5.75 Å². The number of rotatable bonds is 8. The number of carbonyl (C=O) groups excluding carboxylic acids is 2. The maximum absolute atomic E-state index is 12.1. The van der Waals surface area contributed by atoms with E-state index in [2.05, 4.69) is 5.32 Å². The minimum absolute atomic E-state index is 0.00400. The van der Waals surface area contributed by atoms with Gasteiger partial charge in [-0.05, 0) is 68.7 Å². The van der Waals surface area contributed by atoms with Crippen LogP contribution in [0.3, 0.4) is 0 Å². The molecular weight excluding hydrogens is 346 g/mol. The number of carboxylic acids is 1. The second-order valence-electron chi connectivity index (χ2n) is 6.37. The molecule has 6 nitrogen and oxygen atoms in total. The topological polar surface area (TPSA) is 92.7 Å². The third-order valence-electron chi connectivity index (χ3n) is 4.15. The molecule has 0 heterocycles. The summed E-state index contributed by atoms with van der Waals surface area (Å²) in [5.74, 6) is -0.586. The van der Waals surface area contributed by atoms with E-state index in [4.69, 9.17) is 4.74 Å². The lowest BCUT2D eigenvalue weighted by molar-refractivity contribution is -0.116. The van der Waals surface area contributed by atoms with Gasteiger partial charge in [-0.1, -0.05) is 6.07 Å². The van der Waals surface area contributed by atoms with Crippen LogP contribution in [-0.2, 0) is 4.79 Å². The highest BCUT2D eigenvalue weighted by atomic mass is 16.5. The van der Waals surface area contributed by atoms with Gasteiger partial charge in [-0.15, -0.1) is 0 Å². The number of amides is 1. The minimum Gasteiger partial charge on any atom is -0.494 e. The SMILES string of the molecule is CC(=O)c1ccc(OCCCC(=O)Nc2cc(C(=O)O)c(C)cc2C)cc1. The molecule has 0 aliphatic rings. The molecule has 2 N–H and O–H groups in total. The minimum atomic E-state index is -1.02. The molecule has 0 aromatic heterocycles. The van der Waals surface area contributed by atoms with E-state index in [-0.39, 0.29) is 23.7 Å². The highest BCUT2D eigenvalue weighted by Crippen LogP contribution is 2.21. The number of Topliss-reactive ketones (excluding diaryl/α,β-unsaturated/α-hetero) is 1. The number of hydrogen-bond donors (Lipinski definition) is 2. The Morgan fingerprint density at radius 2 is 1.70 bits per heavy atom. The number of nitrogens with one attached hydrogen (secondary N) is 1. The van der Waals surface area contributed by atoms with Crippen molar-refractivity contribution in [3.8, 4) is 5.75 Å². The van der Waals surface area contributed by atoms with Crippen LogP contribution in [0.15, 0.2) is 36.4 Å². The lowest BCUT2D eigenvalue weighted by Gasteiger charge is -2.12. The first-order valence-corrected chi connectivity index (χ1v) is 8.66. The van der Waals surface area contributed by atoms with Crippen LogP contribution in [0.4, 0.5) is 5.69 Å². The van der Waals surface area contributed by atoms with E-state index in [1.54, 1.807) is 37.3 Å². The molecule has 1 amide bonds. The summed E-state index contributed by atoms with van der Waals surface area (Å²) < 4.78 is 5.56. The van der Waals surface area contributed by atoms with Gasteiger partial charge in [0.1, 0.15) is 5.75 Å². The highest BCUT2D eigenvalue weighted by Gasteiger charge is 2.12. The van der Waals surface area contributed by atoms with Gasteiger partial charge < -0.3 is 15.2 Å². The van der Waals surface area contributed by atoms with Gasteiger partial charge in [0, 0.05) is 17.7 Å². The van der Waals surface area contributed by atoms with E-state index in [9.17, 15) is 19.5 Å². The Bertz CT molecular complexity index is 856. The molecular formula is C21H23NO5. The average Bonchev–Trinajstić information content (AvgIpc) is 2.61. The summed E-state index contributed by atoms with van der Waals surface area (Å²) in [6, 6.07) is 10.1. The molecule has 2 aromatic rings. The Labute approximate surface area is 158 Å². The van der Waals surface area contributed by atoms with Gasteiger partial charge in [0.2, 0.25) is 5.91 Å². The van der Waals surface area contributed by atoms with E-state index < -0.39 is 5.97 Å². The van der Waals surface area contributed by atoms with E-state index in [0.717, 1.165) is 5.56 Å². The second-order valence-corrected chi connectivity index (χ2v) is 6.37. The molecule has 0 aliphatic carbocycles. The van der Waals surface area contributed by atoms with Crippen LogP contribution >= 0.6 is 0 Å². The summed E-state index contributed by atoms with van der Waals surface area (Å²) >= 11 is 0. The zero-order valence-corrected chi connectivity index (χ0v) is 15.7. The summed E-state index contributed by atoms with van der Waals surface area (Å²) in [5.41, 5.74) is 2.77. The summed E-state index contributed by atoms with van der Waals surface area (Å²) in [4.78, 5) is 34.6. The zero-order chi connectivity index (χ0) is 20.0. The standard InChI is InChI=1S/C21H23NO5/c1-13-11-14(2)19(12-18(13)21(25)26)22-20(24)5-4-10-27-17-8-6-16(7-9-17)15(3)23/h6-9,11-12H,4-5,10H2,1-3H3,(H,22,24)(H,25,26). The van der Waals surface area contributed by atoms with E-state index in [0.29, 0.717) is 35.6 Å². The van der Waals surface area contributed by atoms with Crippen molar-refractivity contribution in [1.82, 2.24) is 0 Å². The lowest BCUT2D eigenvalue weighted by Crippen LogP contribution is -2.14. The number of benzene rings is 2. The molecule has 27 heavy (non-hydrogen) atoms. The van der Waals surface area contributed by atoms with Crippen LogP contribution in [0.1, 0.15) is 51.6 Å². The second kappa shape index (κ2) is 8.98. The molecule has 0 atom stereocenters. The Kier molecular flexibility index (Phi) is 6.71. The first-order valence-electron chi connectivity index (χ1n) is 8.66. The molecule has 2 aromatic carbocycles. The van der Waals surface area contributed by atoms with Gasteiger partial charge in [-0.2, -0.15) is 0 Å². The van der Waals surface area contributed by atoms with Gasteiger partial charge in [0.05, 0.1) is 12.2 Å². The molecule has 142 valence electrons. The molecule has 0 bridgehead atoms. The number of aryl methyl sites for hydroxylation is 2. The van der Waals surface area contributed by atoms with Gasteiger partial charge in [0.25, 0.3) is 0 Å².